The summed E-state index contributed by atoms with van der Waals surface area (Å²) in [6, 6.07) is 7.62. The van der Waals surface area contributed by atoms with Crippen molar-refractivity contribution in [1.29, 1.82) is 0 Å². The highest BCUT2D eigenvalue weighted by molar-refractivity contribution is 6.17. The molecule has 0 aliphatic rings. The first-order valence-corrected chi connectivity index (χ1v) is 6.87. The molecule has 0 saturated carbocycles. The molecule has 1 heterocycles. The van der Waals surface area contributed by atoms with Gasteiger partial charge in [-0.3, -0.25) is 9.48 Å². The highest BCUT2D eigenvalue weighted by Gasteiger charge is 2.02. The molecule has 0 aliphatic carbocycles. The predicted octanol–water partition coefficient (Wildman–Crippen LogP) is 3.20. The SMILES string of the molecule is O=c1cnn(CCCCCCCl)c2ccccc12. The van der Waals surface area contributed by atoms with Crippen molar-refractivity contribution in [2.45, 2.75) is 32.2 Å². The van der Waals surface area contributed by atoms with E-state index in [0.29, 0.717) is 0 Å². The molecule has 0 fully saturated rings. The minimum absolute atomic E-state index is 0.0102. The molecule has 0 amide bonds. The van der Waals surface area contributed by atoms with Crippen molar-refractivity contribution in [3.8, 4) is 0 Å². The van der Waals surface area contributed by atoms with Gasteiger partial charge >= 0.3 is 0 Å². The van der Waals surface area contributed by atoms with Crippen molar-refractivity contribution < 1.29 is 0 Å². The minimum atomic E-state index is -0.0102. The zero-order chi connectivity index (χ0) is 12.8. The van der Waals surface area contributed by atoms with Crippen LogP contribution in [0.1, 0.15) is 25.7 Å². The molecule has 0 saturated heterocycles. The molecule has 1 aromatic carbocycles. The summed E-state index contributed by atoms with van der Waals surface area (Å²) in [5.74, 6) is 0.735. The Morgan fingerprint density at radius 3 is 2.72 bits per heavy atom. The summed E-state index contributed by atoms with van der Waals surface area (Å²) in [6.07, 6.45) is 5.84. The number of hydrogen-bond acceptors (Lipinski definition) is 2. The monoisotopic (exact) mass is 264 g/mol. The fourth-order valence-corrected chi connectivity index (χ4v) is 2.24. The van der Waals surface area contributed by atoms with Crippen LogP contribution in [-0.4, -0.2) is 15.7 Å². The first-order chi connectivity index (χ1) is 8.83. The Balaban J connectivity index is 2.09. The molecule has 2 rings (SSSR count). The highest BCUT2D eigenvalue weighted by atomic mass is 35.5. The van der Waals surface area contributed by atoms with Gasteiger partial charge in [-0.2, -0.15) is 5.10 Å². The van der Waals surface area contributed by atoms with Gasteiger partial charge in [0.15, 0.2) is 0 Å². The maximum atomic E-state index is 11.7. The first-order valence-electron chi connectivity index (χ1n) is 6.34. The zero-order valence-electron chi connectivity index (χ0n) is 10.3. The number of alkyl halides is 1. The Labute approximate surface area is 111 Å². The fourth-order valence-electron chi connectivity index (χ4n) is 2.05. The van der Waals surface area contributed by atoms with Gasteiger partial charge in [-0.25, -0.2) is 0 Å². The quantitative estimate of drug-likeness (QED) is 0.593. The smallest absolute Gasteiger partial charge is 0.207 e. The van der Waals surface area contributed by atoms with Crippen LogP contribution in [0.5, 0.6) is 0 Å². The summed E-state index contributed by atoms with van der Waals surface area (Å²) in [7, 11) is 0. The maximum Gasteiger partial charge on any atom is 0.207 e. The lowest BCUT2D eigenvalue weighted by molar-refractivity contribution is 0.548. The van der Waals surface area contributed by atoms with Crippen LogP contribution in [0.15, 0.2) is 35.3 Å². The van der Waals surface area contributed by atoms with E-state index in [4.69, 9.17) is 11.6 Å². The number of rotatable bonds is 6. The van der Waals surface area contributed by atoms with Crippen LogP contribution in [0.2, 0.25) is 0 Å². The van der Waals surface area contributed by atoms with Crippen LogP contribution >= 0.6 is 11.6 Å². The largest absolute Gasteiger partial charge is 0.287 e. The number of aromatic nitrogens is 2. The number of nitrogens with zero attached hydrogens (tertiary/aromatic N) is 2. The molecule has 0 atom stereocenters. The Hall–Kier alpha value is -1.35. The van der Waals surface area contributed by atoms with E-state index in [2.05, 4.69) is 5.10 Å². The molecule has 1 aromatic heterocycles. The van der Waals surface area contributed by atoms with Crippen molar-refractivity contribution in [3.05, 3.63) is 40.7 Å². The van der Waals surface area contributed by atoms with Gasteiger partial charge in [0.2, 0.25) is 5.43 Å². The third-order valence-corrected chi connectivity index (χ3v) is 3.28. The molecule has 18 heavy (non-hydrogen) atoms. The summed E-state index contributed by atoms with van der Waals surface area (Å²) < 4.78 is 1.91. The second kappa shape index (κ2) is 6.55. The summed E-state index contributed by atoms with van der Waals surface area (Å²) in [5.41, 5.74) is 0.909. The lowest BCUT2D eigenvalue weighted by atomic mass is 10.2. The third-order valence-electron chi connectivity index (χ3n) is 3.02. The van der Waals surface area contributed by atoms with Crippen molar-refractivity contribution >= 4 is 22.5 Å². The molecule has 0 unspecified atom stereocenters. The standard InChI is InChI=1S/C14H17ClN2O/c15-9-5-1-2-6-10-17-13-8-4-3-7-12(13)14(18)11-16-17/h3-4,7-8,11H,1-2,5-6,9-10H2. The van der Waals surface area contributed by atoms with Gasteiger partial charge in [0.25, 0.3) is 0 Å². The van der Waals surface area contributed by atoms with Crippen molar-refractivity contribution in [2.24, 2.45) is 0 Å². The van der Waals surface area contributed by atoms with E-state index in [0.717, 1.165) is 49.0 Å². The lowest BCUT2D eigenvalue weighted by Crippen LogP contribution is -2.12. The van der Waals surface area contributed by atoms with E-state index in [9.17, 15) is 4.79 Å². The molecular weight excluding hydrogens is 248 g/mol. The van der Waals surface area contributed by atoms with E-state index >= 15 is 0 Å². The average molecular weight is 265 g/mol. The second-order valence-corrected chi connectivity index (χ2v) is 4.73. The molecule has 4 heteroatoms. The van der Waals surface area contributed by atoms with Gasteiger partial charge in [-0.1, -0.05) is 25.0 Å². The van der Waals surface area contributed by atoms with Gasteiger partial charge in [-0.05, 0) is 25.0 Å². The van der Waals surface area contributed by atoms with Crippen molar-refractivity contribution in [1.82, 2.24) is 9.78 Å². The van der Waals surface area contributed by atoms with E-state index in [1.165, 1.54) is 6.20 Å². The molecule has 0 N–H and O–H groups in total. The molecule has 96 valence electrons. The third kappa shape index (κ3) is 3.10. The Morgan fingerprint density at radius 1 is 1.11 bits per heavy atom. The number of halogens is 1. The van der Waals surface area contributed by atoms with Gasteiger partial charge < -0.3 is 0 Å². The number of para-hydroxylation sites is 1. The number of benzene rings is 1. The number of hydrogen-bond donors (Lipinski definition) is 0. The van der Waals surface area contributed by atoms with Crippen LogP contribution in [0.25, 0.3) is 10.9 Å². The van der Waals surface area contributed by atoms with Gasteiger partial charge in [-0.15, -0.1) is 11.6 Å². The van der Waals surface area contributed by atoms with E-state index in [-0.39, 0.29) is 5.43 Å². The van der Waals surface area contributed by atoms with Crippen LogP contribution in [0, 0.1) is 0 Å². The average Bonchev–Trinajstić information content (AvgIpc) is 2.41. The van der Waals surface area contributed by atoms with E-state index < -0.39 is 0 Å². The minimum Gasteiger partial charge on any atom is -0.287 e. The molecular formula is C14H17ClN2O. The van der Waals surface area contributed by atoms with Crippen LogP contribution in [0.4, 0.5) is 0 Å². The van der Waals surface area contributed by atoms with Crippen molar-refractivity contribution in [3.63, 3.8) is 0 Å². The van der Waals surface area contributed by atoms with Crippen LogP contribution in [-0.2, 0) is 6.54 Å². The summed E-state index contributed by atoms with van der Waals surface area (Å²) in [5, 5.41) is 4.95. The van der Waals surface area contributed by atoms with E-state index in [1.807, 2.05) is 28.9 Å². The predicted molar refractivity (Wildman–Crippen MR) is 75.2 cm³/mol. The van der Waals surface area contributed by atoms with Gasteiger partial charge in [0.1, 0.15) is 0 Å². The molecule has 3 nitrogen and oxygen atoms in total. The van der Waals surface area contributed by atoms with Crippen LogP contribution in [0.3, 0.4) is 0 Å². The Bertz CT molecular complexity index is 565. The van der Waals surface area contributed by atoms with Gasteiger partial charge in [0, 0.05) is 17.8 Å². The molecule has 2 aromatic rings. The molecule has 0 bridgehead atoms. The molecule has 0 spiro atoms. The topological polar surface area (TPSA) is 34.9 Å². The molecule has 0 aliphatic heterocycles. The maximum absolute atomic E-state index is 11.7. The number of aryl methyl sites for hydroxylation is 1. The second-order valence-electron chi connectivity index (χ2n) is 4.35. The summed E-state index contributed by atoms with van der Waals surface area (Å²) >= 11 is 5.64. The lowest BCUT2D eigenvalue weighted by Gasteiger charge is -2.08. The zero-order valence-corrected chi connectivity index (χ0v) is 11.1. The fraction of sp³-hybridized carbons (Fsp3) is 0.429. The van der Waals surface area contributed by atoms with Gasteiger partial charge in [0.05, 0.1) is 11.7 Å². The van der Waals surface area contributed by atoms with Crippen LogP contribution < -0.4 is 5.43 Å². The first kappa shape index (κ1) is 13.1. The normalized spacial score (nSPS) is 10.9. The molecule has 0 radical (unpaired) electrons. The number of unbranched alkanes of at least 4 members (excludes halogenated alkanes) is 3. The van der Waals surface area contributed by atoms with E-state index in [1.54, 1.807) is 0 Å². The Morgan fingerprint density at radius 2 is 1.89 bits per heavy atom. The van der Waals surface area contributed by atoms with Crippen molar-refractivity contribution in [2.75, 3.05) is 5.88 Å². The summed E-state index contributed by atoms with van der Waals surface area (Å²) in [6.45, 7) is 0.850. The number of fused-ring (bicyclic) bond motifs is 1. The highest BCUT2D eigenvalue weighted by Crippen LogP contribution is 2.10. The summed E-state index contributed by atoms with van der Waals surface area (Å²) in [4.78, 5) is 11.7. The Kier molecular flexibility index (Phi) is 4.76.